The molecule has 0 bridgehead atoms. The van der Waals surface area contributed by atoms with E-state index in [9.17, 15) is 9.59 Å². The summed E-state index contributed by atoms with van der Waals surface area (Å²) >= 11 is 0. The number of carbonyl (C=O) groups is 2. The Morgan fingerprint density at radius 2 is 1.97 bits per heavy atom. The van der Waals surface area contributed by atoms with E-state index in [4.69, 9.17) is 9.47 Å². The molecule has 1 atom stereocenters. The maximum atomic E-state index is 11.9. The van der Waals surface area contributed by atoms with Crippen LogP contribution in [0.2, 0.25) is 0 Å². The molecule has 0 unspecified atom stereocenters. The van der Waals surface area contributed by atoms with Crippen LogP contribution in [0, 0.1) is 5.92 Å². The predicted molar refractivity (Wildman–Crippen MR) is 113 cm³/mol. The number of imidazole rings is 1. The second kappa shape index (κ2) is 9.76. The molecule has 1 heterocycles. The van der Waals surface area contributed by atoms with Crippen LogP contribution in [-0.4, -0.2) is 33.8 Å². The van der Waals surface area contributed by atoms with Gasteiger partial charge in [-0.2, -0.15) is 0 Å². The van der Waals surface area contributed by atoms with Gasteiger partial charge in [0.2, 0.25) is 0 Å². The molecule has 29 heavy (non-hydrogen) atoms. The van der Waals surface area contributed by atoms with Crippen LogP contribution in [0.25, 0.3) is 11.0 Å². The van der Waals surface area contributed by atoms with Crippen molar-refractivity contribution < 1.29 is 19.1 Å². The van der Waals surface area contributed by atoms with E-state index in [1.807, 2.05) is 53.7 Å². The average molecular weight is 404 g/mol. The summed E-state index contributed by atoms with van der Waals surface area (Å²) in [6.07, 6.45) is 1.06. The molecule has 2 rings (SSSR count). The van der Waals surface area contributed by atoms with Gasteiger partial charge in [-0.15, -0.1) is 0 Å². The number of nitrogens with zero attached hydrogens (tertiary/aromatic N) is 2. The molecule has 0 aliphatic carbocycles. The number of esters is 1. The smallest absolute Gasteiger partial charge is 0.408 e. The molecule has 1 N–H and O–H groups in total. The monoisotopic (exact) mass is 403 g/mol. The molecular weight excluding hydrogens is 370 g/mol. The molecule has 7 nitrogen and oxygen atoms in total. The summed E-state index contributed by atoms with van der Waals surface area (Å²) in [4.78, 5) is 28.4. The lowest BCUT2D eigenvalue weighted by molar-refractivity contribution is -0.147. The molecule has 1 aromatic heterocycles. The van der Waals surface area contributed by atoms with E-state index in [0.29, 0.717) is 13.2 Å². The number of fused-ring (bicyclic) bond motifs is 1. The van der Waals surface area contributed by atoms with Crippen molar-refractivity contribution in [3.05, 3.63) is 29.6 Å². The van der Waals surface area contributed by atoms with Crippen molar-refractivity contribution in [2.24, 2.45) is 5.92 Å². The number of aromatic nitrogens is 2. The number of benzene rings is 1. The van der Waals surface area contributed by atoms with Crippen molar-refractivity contribution in [3.8, 4) is 0 Å². The van der Waals surface area contributed by atoms with E-state index in [2.05, 4.69) is 20.9 Å². The van der Waals surface area contributed by atoms with Crippen molar-refractivity contribution >= 4 is 23.1 Å². The van der Waals surface area contributed by atoms with E-state index in [0.717, 1.165) is 41.8 Å². The lowest BCUT2D eigenvalue weighted by atomic mass is 10.0. The molecular formula is C22H33N3O4. The zero-order chi connectivity index (χ0) is 21.6. The Kier molecular flexibility index (Phi) is 7.65. The van der Waals surface area contributed by atoms with Crippen molar-refractivity contribution in [2.75, 3.05) is 6.61 Å². The van der Waals surface area contributed by atoms with Crippen LogP contribution in [0.5, 0.6) is 0 Å². The fourth-order valence-corrected chi connectivity index (χ4v) is 3.11. The fourth-order valence-electron chi connectivity index (χ4n) is 3.11. The molecule has 160 valence electrons. The Morgan fingerprint density at radius 1 is 1.24 bits per heavy atom. The van der Waals surface area contributed by atoms with Crippen LogP contribution in [-0.2, 0) is 33.8 Å². The maximum absolute atomic E-state index is 11.9. The molecule has 1 aromatic carbocycles. The third-order valence-corrected chi connectivity index (χ3v) is 4.55. The van der Waals surface area contributed by atoms with Crippen molar-refractivity contribution in [2.45, 2.75) is 73.1 Å². The van der Waals surface area contributed by atoms with Crippen molar-refractivity contribution in [1.82, 2.24) is 14.9 Å². The Balaban J connectivity index is 2.10. The average Bonchev–Trinajstić information content (AvgIpc) is 2.99. The van der Waals surface area contributed by atoms with Crippen LogP contribution in [0.4, 0.5) is 4.79 Å². The topological polar surface area (TPSA) is 82.4 Å². The van der Waals surface area contributed by atoms with Gasteiger partial charge in [-0.05, 0) is 65.2 Å². The summed E-state index contributed by atoms with van der Waals surface area (Å²) in [5.74, 6) is 0.503. The number of hydrogen-bond donors (Lipinski definition) is 1. The highest BCUT2D eigenvalue weighted by Gasteiger charge is 2.18. The third-order valence-electron chi connectivity index (χ3n) is 4.55. The number of rotatable bonds is 8. The van der Waals surface area contributed by atoms with Crippen LogP contribution >= 0.6 is 0 Å². The lowest BCUT2D eigenvalue weighted by Crippen LogP contribution is -2.32. The number of aryl methyl sites for hydroxylation is 2. The standard InChI is InChI=1S/C22H33N3O4/c1-7-25-18-13-16(10-9-15(3)20(26)28-8-2)11-12-17(18)24-19(25)14-23-21(27)29-22(4,5)6/h11-13,15H,7-10,14H2,1-6H3,(H,23,27)/t15-/m0/s1. The van der Waals surface area contributed by atoms with Gasteiger partial charge in [-0.1, -0.05) is 13.0 Å². The zero-order valence-electron chi connectivity index (χ0n) is 18.4. The van der Waals surface area contributed by atoms with Gasteiger partial charge in [0.05, 0.1) is 30.1 Å². The minimum atomic E-state index is -0.537. The van der Waals surface area contributed by atoms with Crippen LogP contribution in [0.3, 0.4) is 0 Å². The molecule has 0 saturated heterocycles. The maximum Gasteiger partial charge on any atom is 0.408 e. The summed E-state index contributed by atoms with van der Waals surface area (Å²) in [5.41, 5.74) is 2.52. The van der Waals surface area contributed by atoms with Crippen molar-refractivity contribution in [3.63, 3.8) is 0 Å². The van der Waals surface area contributed by atoms with Crippen LogP contribution in [0.15, 0.2) is 18.2 Å². The quantitative estimate of drug-likeness (QED) is 0.668. The molecule has 0 aliphatic heterocycles. The Hall–Kier alpha value is -2.57. The summed E-state index contributed by atoms with van der Waals surface area (Å²) < 4.78 is 12.5. The van der Waals surface area contributed by atoms with Gasteiger partial charge < -0.3 is 19.4 Å². The Labute approximate surface area is 172 Å². The molecule has 7 heteroatoms. The van der Waals surface area contributed by atoms with Crippen molar-refractivity contribution in [1.29, 1.82) is 0 Å². The SMILES string of the molecule is CCOC(=O)[C@@H](C)CCc1ccc2nc(CNC(=O)OC(C)(C)C)n(CC)c2c1. The van der Waals surface area contributed by atoms with E-state index in [-0.39, 0.29) is 11.9 Å². The summed E-state index contributed by atoms with van der Waals surface area (Å²) in [7, 11) is 0. The van der Waals surface area contributed by atoms with Gasteiger partial charge in [-0.3, -0.25) is 4.79 Å². The summed E-state index contributed by atoms with van der Waals surface area (Å²) in [5, 5.41) is 2.77. The first-order chi connectivity index (χ1) is 13.6. The summed E-state index contributed by atoms with van der Waals surface area (Å²) in [6.45, 7) is 12.7. The third kappa shape index (κ3) is 6.48. The number of alkyl carbamates (subject to hydrolysis) is 1. The first-order valence-corrected chi connectivity index (χ1v) is 10.3. The second-order valence-electron chi connectivity index (χ2n) is 8.14. The molecule has 1 amide bonds. The van der Waals surface area contributed by atoms with Crippen LogP contribution < -0.4 is 5.32 Å². The highest BCUT2D eigenvalue weighted by Crippen LogP contribution is 2.20. The molecule has 0 radical (unpaired) electrons. The van der Waals surface area contributed by atoms with Gasteiger partial charge in [0.25, 0.3) is 0 Å². The number of hydrogen-bond acceptors (Lipinski definition) is 5. The molecule has 0 spiro atoms. The van der Waals surface area contributed by atoms with E-state index in [1.165, 1.54) is 0 Å². The number of carbonyl (C=O) groups excluding carboxylic acids is 2. The lowest BCUT2D eigenvalue weighted by Gasteiger charge is -2.19. The van der Waals surface area contributed by atoms with Gasteiger partial charge in [-0.25, -0.2) is 9.78 Å². The highest BCUT2D eigenvalue weighted by atomic mass is 16.6. The van der Waals surface area contributed by atoms with Crippen LogP contribution in [0.1, 0.15) is 59.4 Å². The van der Waals surface area contributed by atoms with E-state index >= 15 is 0 Å². The normalized spacial score (nSPS) is 12.6. The first kappa shape index (κ1) is 22.7. The largest absolute Gasteiger partial charge is 0.466 e. The Bertz CT molecular complexity index is 852. The highest BCUT2D eigenvalue weighted by molar-refractivity contribution is 5.77. The fraction of sp³-hybridized carbons (Fsp3) is 0.591. The summed E-state index contributed by atoms with van der Waals surface area (Å²) in [6, 6.07) is 6.14. The first-order valence-electron chi connectivity index (χ1n) is 10.3. The molecule has 0 fully saturated rings. The minimum Gasteiger partial charge on any atom is -0.466 e. The van der Waals surface area contributed by atoms with E-state index in [1.54, 1.807) is 0 Å². The molecule has 0 aliphatic rings. The number of amides is 1. The van der Waals surface area contributed by atoms with Gasteiger partial charge in [0.15, 0.2) is 0 Å². The zero-order valence-corrected chi connectivity index (χ0v) is 18.4. The second-order valence-corrected chi connectivity index (χ2v) is 8.14. The van der Waals surface area contributed by atoms with Gasteiger partial charge in [0, 0.05) is 6.54 Å². The number of nitrogens with one attached hydrogen (secondary N) is 1. The molecule has 0 saturated carbocycles. The predicted octanol–water partition coefficient (Wildman–Crippen LogP) is 4.21. The molecule has 2 aromatic rings. The minimum absolute atomic E-state index is 0.129. The Morgan fingerprint density at radius 3 is 2.59 bits per heavy atom. The van der Waals surface area contributed by atoms with Gasteiger partial charge >= 0.3 is 12.1 Å². The van der Waals surface area contributed by atoms with Gasteiger partial charge in [0.1, 0.15) is 11.4 Å². The van der Waals surface area contributed by atoms with E-state index < -0.39 is 11.7 Å². The number of ether oxygens (including phenoxy) is 2.